The predicted molar refractivity (Wildman–Crippen MR) is 19.2 cm³/mol. The fourth-order valence-corrected chi connectivity index (χ4v) is 0.0948. The van der Waals surface area contributed by atoms with Gasteiger partial charge in [0.1, 0.15) is 0 Å². The van der Waals surface area contributed by atoms with Crippen LogP contribution >= 0.6 is 0 Å². The van der Waals surface area contributed by atoms with Crippen molar-refractivity contribution in [3.63, 3.8) is 0 Å². The first-order valence-corrected chi connectivity index (χ1v) is 1.52. The van der Waals surface area contributed by atoms with Gasteiger partial charge >= 0.3 is 0 Å². The van der Waals surface area contributed by atoms with Crippen molar-refractivity contribution in [3.8, 4) is 0 Å². The second-order valence-corrected chi connectivity index (χ2v) is 0.644. The Hall–Kier alpha value is -1.06. The summed E-state index contributed by atoms with van der Waals surface area (Å²) in [4.78, 5) is 18.5. The minimum Gasteiger partial charge on any atom is -0.430 e. The van der Waals surface area contributed by atoms with Crippen molar-refractivity contribution in [3.05, 3.63) is 0 Å². The Morgan fingerprint density at radius 3 is 1.86 bits per heavy atom. The Kier molecular flexibility index (Phi) is 4.19. The van der Waals surface area contributed by atoms with Crippen LogP contribution < -0.4 is 0 Å². The monoisotopic (exact) mass is 104 g/mol. The van der Waals surface area contributed by atoms with Gasteiger partial charge in [-0.3, -0.25) is 9.59 Å². The first-order chi connectivity index (χ1) is 3.41. The van der Waals surface area contributed by atoms with E-state index in [9.17, 15) is 9.59 Å². The van der Waals surface area contributed by atoms with Crippen molar-refractivity contribution >= 4 is 12.9 Å². The summed E-state index contributed by atoms with van der Waals surface area (Å²) in [6.45, 7) is 0.0972. The number of carbonyl (C=O) groups excluding carboxylic acids is 2. The zero-order valence-electron chi connectivity index (χ0n) is 3.49. The highest BCUT2D eigenvalue weighted by atomic mass is 16.7. The molecule has 0 aromatic rings. The van der Waals surface area contributed by atoms with Gasteiger partial charge in [-0.2, -0.15) is 0 Å². The van der Waals surface area contributed by atoms with Crippen molar-refractivity contribution in [1.82, 2.24) is 0 Å². The van der Waals surface area contributed by atoms with Crippen LogP contribution in [0.3, 0.4) is 0 Å². The molecule has 0 rings (SSSR count). The van der Waals surface area contributed by atoms with Crippen molar-refractivity contribution in [2.75, 3.05) is 6.79 Å². The van der Waals surface area contributed by atoms with E-state index >= 15 is 0 Å². The lowest BCUT2D eigenvalue weighted by Gasteiger charge is -1.90. The van der Waals surface area contributed by atoms with Gasteiger partial charge in [0.25, 0.3) is 12.9 Å². The molecule has 0 radical (unpaired) electrons. The third-order valence-corrected chi connectivity index (χ3v) is 0.272. The van der Waals surface area contributed by atoms with E-state index in [1.807, 2.05) is 0 Å². The number of rotatable bonds is 4. The van der Waals surface area contributed by atoms with E-state index in [1.165, 1.54) is 0 Å². The quantitative estimate of drug-likeness (QED) is 0.268. The second-order valence-electron chi connectivity index (χ2n) is 0.644. The molecule has 0 fully saturated rings. The van der Waals surface area contributed by atoms with Crippen LogP contribution in [-0.2, 0) is 19.1 Å². The zero-order valence-corrected chi connectivity index (χ0v) is 3.49. The summed E-state index contributed by atoms with van der Waals surface area (Å²) in [5.74, 6) is 0. The maximum atomic E-state index is 9.26. The van der Waals surface area contributed by atoms with Crippen LogP contribution in [0.1, 0.15) is 0 Å². The molecule has 0 aliphatic heterocycles. The SMILES string of the molecule is O=COCOC=O. The molecule has 7 heavy (non-hydrogen) atoms. The molecule has 0 aliphatic rings. The molecular formula is C3H4O4. The Morgan fingerprint density at radius 2 is 1.57 bits per heavy atom. The summed E-state index contributed by atoms with van der Waals surface area (Å²) >= 11 is 0. The van der Waals surface area contributed by atoms with Crippen molar-refractivity contribution in [1.29, 1.82) is 0 Å². The highest BCUT2D eigenvalue weighted by Crippen LogP contribution is 1.64. The van der Waals surface area contributed by atoms with Crippen LogP contribution in [0.15, 0.2) is 0 Å². The first kappa shape index (κ1) is 5.94. The lowest BCUT2D eigenvalue weighted by Crippen LogP contribution is -1.94. The van der Waals surface area contributed by atoms with E-state index in [4.69, 9.17) is 0 Å². The molecule has 4 heteroatoms. The summed E-state index contributed by atoms with van der Waals surface area (Å²) < 4.78 is 7.88. The van der Waals surface area contributed by atoms with Crippen molar-refractivity contribution in [2.45, 2.75) is 0 Å². The van der Waals surface area contributed by atoms with Crippen molar-refractivity contribution < 1.29 is 19.1 Å². The molecule has 0 saturated heterocycles. The van der Waals surface area contributed by atoms with E-state index in [0.29, 0.717) is 0 Å². The van der Waals surface area contributed by atoms with Crippen LogP contribution in [0.4, 0.5) is 0 Å². The van der Waals surface area contributed by atoms with Crippen LogP contribution in [0.2, 0.25) is 0 Å². The molecule has 0 aromatic heterocycles. The fourth-order valence-electron chi connectivity index (χ4n) is 0.0948. The smallest absolute Gasteiger partial charge is 0.295 e. The molecule has 0 N–H and O–H groups in total. The molecule has 0 bridgehead atoms. The summed E-state index contributed by atoms with van der Waals surface area (Å²) in [5, 5.41) is 0. The standard InChI is InChI=1S/C3H4O4/c4-1-6-3-7-2-5/h1-2H,3H2. The van der Waals surface area contributed by atoms with E-state index < -0.39 is 0 Å². The van der Waals surface area contributed by atoms with Gasteiger partial charge in [0, 0.05) is 0 Å². The highest BCUT2D eigenvalue weighted by Gasteiger charge is 1.74. The average Bonchev–Trinajstić information content (AvgIpc) is 1.69. The molecule has 0 aromatic carbocycles. The molecule has 0 amide bonds. The summed E-state index contributed by atoms with van der Waals surface area (Å²) in [5.41, 5.74) is 0. The van der Waals surface area contributed by atoms with Gasteiger partial charge < -0.3 is 9.47 Å². The summed E-state index contributed by atoms with van der Waals surface area (Å²) in [7, 11) is 0. The second kappa shape index (κ2) is 4.94. The van der Waals surface area contributed by atoms with Gasteiger partial charge in [-0.25, -0.2) is 0 Å². The molecule has 0 atom stereocenters. The van der Waals surface area contributed by atoms with E-state index in [1.54, 1.807) is 0 Å². The van der Waals surface area contributed by atoms with E-state index in [0.717, 1.165) is 0 Å². The van der Waals surface area contributed by atoms with E-state index in [2.05, 4.69) is 9.47 Å². The summed E-state index contributed by atoms with van der Waals surface area (Å²) in [6.07, 6.45) is 0. The van der Waals surface area contributed by atoms with E-state index in [-0.39, 0.29) is 19.7 Å². The lowest BCUT2D eigenvalue weighted by atomic mass is 11.3. The lowest BCUT2D eigenvalue weighted by molar-refractivity contribution is -0.149. The Bertz CT molecular complexity index is 52.0. The maximum absolute atomic E-state index is 9.26. The number of hydrogen-bond acceptors (Lipinski definition) is 4. The van der Waals surface area contributed by atoms with Crippen LogP contribution in [-0.4, -0.2) is 19.7 Å². The van der Waals surface area contributed by atoms with Crippen LogP contribution in [0.25, 0.3) is 0 Å². The summed E-state index contributed by atoms with van der Waals surface area (Å²) in [6, 6.07) is 0. The Balaban J connectivity index is 2.68. The fraction of sp³-hybridized carbons (Fsp3) is 0.333. The predicted octanol–water partition coefficient (Wildman–Crippen LogP) is -0.710. The zero-order chi connectivity index (χ0) is 5.54. The third kappa shape index (κ3) is 4.94. The number of carbonyl (C=O) groups is 2. The molecule has 4 nitrogen and oxygen atoms in total. The molecule has 0 heterocycles. The topological polar surface area (TPSA) is 52.6 Å². The van der Waals surface area contributed by atoms with Gasteiger partial charge in [0.2, 0.25) is 6.79 Å². The normalized spacial score (nSPS) is 6.86. The average molecular weight is 104 g/mol. The number of hydrogen-bond donors (Lipinski definition) is 0. The first-order valence-electron chi connectivity index (χ1n) is 1.52. The molecule has 40 valence electrons. The molecule has 0 aliphatic carbocycles. The van der Waals surface area contributed by atoms with Gasteiger partial charge in [-0.1, -0.05) is 0 Å². The Labute approximate surface area is 40.0 Å². The van der Waals surface area contributed by atoms with Crippen molar-refractivity contribution in [2.24, 2.45) is 0 Å². The minimum atomic E-state index is -0.299. The Morgan fingerprint density at radius 1 is 1.14 bits per heavy atom. The van der Waals surface area contributed by atoms with Gasteiger partial charge in [0.15, 0.2) is 0 Å². The third-order valence-electron chi connectivity index (χ3n) is 0.272. The molecular weight excluding hydrogens is 100 g/mol. The minimum absolute atomic E-state index is 0.198. The van der Waals surface area contributed by atoms with Gasteiger partial charge in [-0.15, -0.1) is 0 Å². The number of ether oxygens (including phenoxy) is 2. The van der Waals surface area contributed by atoms with Crippen LogP contribution in [0, 0.1) is 0 Å². The molecule has 0 saturated carbocycles. The van der Waals surface area contributed by atoms with Crippen LogP contribution in [0.5, 0.6) is 0 Å². The maximum Gasteiger partial charge on any atom is 0.295 e. The van der Waals surface area contributed by atoms with Gasteiger partial charge in [0.05, 0.1) is 0 Å². The largest absolute Gasteiger partial charge is 0.430 e. The highest BCUT2D eigenvalue weighted by molar-refractivity contribution is 5.38. The molecule has 0 spiro atoms. The van der Waals surface area contributed by atoms with Gasteiger partial charge in [-0.05, 0) is 0 Å². The molecule has 0 unspecified atom stereocenters.